The first-order chi connectivity index (χ1) is 8.24. The maximum Gasteiger partial charge on any atom is 0.153 e. The predicted molar refractivity (Wildman–Crippen MR) is 67.2 cm³/mol. The van der Waals surface area contributed by atoms with Crippen LogP contribution in [0.2, 0.25) is 0 Å². The van der Waals surface area contributed by atoms with E-state index in [0.717, 1.165) is 5.69 Å². The van der Waals surface area contributed by atoms with Crippen molar-refractivity contribution >= 4 is 17.0 Å². The van der Waals surface area contributed by atoms with E-state index in [2.05, 4.69) is 11.4 Å². The van der Waals surface area contributed by atoms with Crippen molar-refractivity contribution in [3.8, 4) is 5.75 Å². The molecule has 2 nitrogen and oxygen atoms in total. The third kappa shape index (κ3) is 1.89. The summed E-state index contributed by atoms with van der Waals surface area (Å²) in [6.45, 7) is 2.04. The van der Waals surface area contributed by atoms with Gasteiger partial charge in [-0.25, -0.2) is 4.39 Å². The molecule has 1 aromatic carbocycles. The van der Waals surface area contributed by atoms with Crippen LogP contribution in [0.25, 0.3) is 0 Å². The summed E-state index contributed by atoms with van der Waals surface area (Å²) in [6, 6.07) is 8.75. The van der Waals surface area contributed by atoms with E-state index in [0.29, 0.717) is 5.75 Å². The molecule has 0 saturated carbocycles. The minimum absolute atomic E-state index is 0.00652. The van der Waals surface area contributed by atoms with Gasteiger partial charge < -0.3 is 10.1 Å². The molecule has 2 unspecified atom stereocenters. The average molecular weight is 249 g/mol. The van der Waals surface area contributed by atoms with Crippen LogP contribution < -0.4 is 10.1 Å². The van der Waals surface area contributed by atoms with E-state index in [1.807, 2.05) is 18.4 Å². The van der Waals surface area contributed by atoms with Gasteiger partial charge in [0.15, 0.2) is 6.10 Å². The maximum absolute atomic E-state index is 13.1. The number of fused-ring (bicyclic) bond motifs is 1. The highest BCUT2D eigenvalue weighted by atomic mass is 32.1. The van der Waals surface area contributed by atoms with Gasteiger partial charge in [0.25, 0.3) is 0 Å². The molecule has 1 aromatic heterocycles. The fraction of sp³-hybridized carbons (Fsp3) is 0.231. The van der Waals surface area contributed by atoms with Gasteiger partial charge >= 0.3 is 0 Å². The van der Waals surface area contributed by atoms with Crippen molar-refractivity contribution in [3.63, 3.8) is 0 Å². The van der Waals surface area contributed by atoms with Crippen molar-refractivity contribution in [2.45, 2.75) is 19.1 Å². The van der Waals surface area contributed by atoms with Crippen molar-refractivity contribution in [2.24, 2.45) is 0 Å². The number of anilines is 1. The molecule has 2 aromatic rings. The number of rotatable bonds is 1. The standard InChI is InChI=1S/C13H12FNOS/c1-8-13(12-3-2-6-17-12)16-11-5-4-9(14)7-10(11)15-8/h2-8,13,15H,1H3. The van der Waals surface area contributed by atoms with Gasteiger partial charge in [0, 0.05) is 10.9 Å². The molecule has 1 aliphatic rings. The van der Waals surface area contributed by atoms with Crippen LogP contribution in [0, 0.1) is 5.82 Å². The van der Waals surface area contributed by atoms with E-state index in [1.54, 1.807) is 17.4 Å². The van der Waals surface area contributed by atoms with Gasteiger partial charge in [-0.1, -0.05) is 6.07 Å². The summed E-state index contributed by atoms with van der Waals surface area (Å²) in [6.07, 6.45) is -0.00652. The molecule has 0 radical (unpaired) electrons. The highest BCUT2D eigenvalue weighted by molar-refractivity contribution is 7.10. The summed E-state index contributed by atoms with van der Waals surface area (Å²) >= 11 is 1.67. The van der Waals surface area contributed by atoms with Crippen LogP contribution in [-0.2, 0) is 0 Å². The summed E-state index contributed by atoms with van der Waals surface area (Å²) in [5.74, 6) is 0.463. The Bertz CT molecular complexity index is 526. The molecule has 2 heterocycles. The molecule has 1 aliphatic heterocycles. The van der Waals surface area contributed by atoms with Crippen LogP contribution in [0.4, 0.5) is 10.1 Å². The number of hydrogen-bond donors (Lipinski definition) is 1. The topological polar surface area (TPSA) is 21.3 Å². The van der Waals surface area contributed by atoms with E-state index in [4.69, 9.17) is 4.74 Å². The highest BCUT2D eigenvalue weighted by Crippen LogP contribution is 2.38. The lowest BCUT2D eigenvalue weighted by atomic mass is 10.1. The molecular formula is C13H12FNOS. The predicted octanol–water partition coefficient (Wildman–Crippen LogP) is 3.82. The molecule has 0 spiro atoms. The first-order valence-electron chi connectivity index (χ1n) is 5.50. The lowest BCUT2D eigenvalue weighted by Gasteiger charge is -2.32. The van der Waals surface area contributed by atoms with Crippen molar-refractivity contribution in [3.05, 3.63) is 46.4 Å². The van der Waals surface area contributed by atoms with E-state index >= 15 is 0 Å². The maximum atomic E-state index is 13.1. The van der Waals surface area contributed by atoms with Crippen LogP contribution in [-0.4, -0.2) is 6.04 Å². The van der Waals surface area contributed by atoms with Gasteiger partial charge in [0.2, 0.25) is 0 Å². The molecule has 0 saturated heterocycles. The number of benzene rings is 1. The lowest BCUT2D eigenvalue weighted by molar-refractivity contribution is 0.181. The Balaban J connectivity index is 1.95. The Morgan fingerprint density at radius 3 is 3.00 bits per heavy atom. The Morgan fingerprint density at radius 2 is 2.24 bits per heavy atom. The summed E-state index contributed by atoms with van der Waals surface area (Å²) in [5.41, 5.74) is 0.727. The second-order valence-corrected chi connectivity index (χ2v) is 5.11. The molecule has 17 heavy (non-hydrogen) atoms. The van der Waals surface area contributed by atoms with Crippen molar-refractivity contribution in [1.29, 1.82) is 0 Å². The Kier molecular flexibility index (Phi) is 2.52. The molecule has 0 fully saturated rings. The first kappa shape index (κ1) is 10.6. The van der Waals surface area contributed by atoms with Gasteiger partial charge in [0.1, 0.15) is 11.6 Å². The van der Waals surface area contributed by atoms with Crippen molar-refractivity contribution in [1.82, 2.24) is 0 Å². The van der Waals surface area contributed by atoms with Crippen molar-refractivity contribution < 1.29 is 9.13 Å². The van der Waals surface area contributed by atoms with Gasteiger partial charge in [-0.2, -0.15) is 0 Å². The third-order valence-corrected chi connectivity index (χ3v) is 3.79. The molecule has 2 atom stereocenters. The van der Waals surface area contributed by atoms with Crippen LogP contribution in [0.1, 0.15) is 17.9 Å². The number of thiophene rings is 1. The molecule has 4 heteroatoms. The Labute approximate surface area is 103 Å². The van der Waals surface area contributed by atoms with Gasteiger partial charge in [-0.05, 0) is 30.5 Å². The summed E-state index contributed by atoms with van der Waals surface area (Å²) in [7, 11) is 0. The Morgan fingerprint density at radius 1 is 1.35 bits per heavy atom. The SMILES string of the molecule is CC1Nc2cc(F)ccc2OC1c1cccs1. The minimum Gasteiger partial charge on any atom is -0.481 e. The van der Waals surface area contributed by atoms with E-state index in [9.17, 15) is 4.39 Å². The second kappa shape index (κ2) is 4.04. The first-order valence-corrected chi connectivity index (χ1v) is 6.38. The number of hydrogen-bond acceptors (Lipinski definition) is 3. The number of halogens is 1. The molecule has 0 aliphatic carbocycles. The Hall–Kier alpha value is -1.55. The van der Waals surface area contributed by atoms with Crippen LogP contribution in [0.15, 0.2) is 35.7 Å². The van der Waals surface area contributed by atoms with Crippen LogP contribution >= 0.6 is 11.3 Å². The monoisotopic (exact) mass is 249 g/mol. The fourth-order valence-corrected chi connectivity index (χ4v) is 2.89. The third-order valence-electron chi connectivity index (χ3n) is 2.86. The quantitative estimate of drug-likeness (QED) is 0.829. The summed E-state index contributed by atoms with van der Waals surface area (Å²) < 4.78 is 19.0. The van der Waals surface area contributed by atoms with Crippen LogP contribution in [0.5, 0.6) is 5.75 Å². The van der Waals surface area contributed by atoms with Gasteiger partial charge in [-0.3, -0.25) is 0 Å². The molecule has 0 amide bonds. The number of nitrogens with one attached hydrogen (secondary N) is 1. The largest absolute Gasteiger partial charge is 0.481 e. The summed E-state index contributed by atoms with van der Waals surface area (Å²) in [4.78, 5) is 1.18. The fourth-order valence-electron chi connectivity index (χ4n) is 2.04. The smallest absolute Gasteiger partial charge is 0.153 e. The van der Waals surface area contributed by atoms with Crippen LogP contribution in [0.3, 0.4) is 0 Å². The molecule has 88 valence electrons. The lowest BCUT2D eigenvalue weighted by Crippen LogP contribution is -2.32. The molecule has 3 rings (SSSR count). The van der Waals surface area contributed by atoms with E-state index in [1.165, 1.54) is 17.0 Å². The zero-order chi connectivity index (χ0) is 11.8. The number of ether oxygens (including phenoxy) is 1. The van der Waals surface area contributed by atoms with E-state index < -0.39 is 0 Å². The average Bonchev–Trinajstić information content (AvgIpc) is 2.81. The zero-order valence-corrected chi connectivity index (χ0v) is 10.1. The second-order valence-electron chi connectivity index (χ2n) is 4.13. The van der Waals surface area contributed by atoms with Gasteiger partial charge in [-0.15, -0.1) is 11.3 Å². The summed E-state index contributed by atoms with van der Waals surface area (Å²) in [5, 5.41) is 5.31. The molecule has 1 N–H and O–H groups in total. The van der Waals surface area contributed by atoms with E-state index in [-0.39, 0.29) is 18.0 Å². The minimum atomic E-state index is -0.248. The normalized spacial score (nSPS) is 22.5. The highest BCUT2D eigenvalue weighted by Gasteiger charge is 2.28. The molecular weight excluding hydrogens is 237 g/mol. The zero-order valence-electron chi connectivity index (χ0n) is 9.31. The molecule has 0 bridgehead atoms. The van der Waals surface area contributed by atoms with Gasteiger partial charge in [0.05, 0.1) is 11.7 Å². The van der Waals surface area contributed by atoms with Crippen molar-refractivity contribution in [2.75, 3.05) is 5.32 Å².